The Morgan fingerprint density at radius 3 is 2.65 bits per heavy atom. The molecule has 0 spiro atoms. The molecule has 1 fully saturated rings. The van der Waals surface area contributed by atoms with Crippen LogP contribution in [-0.2, 0) is 6.42 Å². The van der Waals surface area contributed by atoms with Gasteiger partial charge < -0.3 is 10.6 Å². The summed E-state index contributed by atoms with van der Waals surface area (Å²) in [6, 6.07) is 5.09. The van der Waals surface area contributed by atoms with E-state index in [1.165, 1.54) is 12.8 Å². The molecule has 17 heavy (non-hydrogen) atoms. The Bertz CT molecular complexity index is 414. The van der Waals surface area contributed by atoms with E-state index in [1.807, 2.05) is 6.07 Å². The molecule has 0 unspecified atom stereocenters. The third kappa shape index (κ3) is 2.55. The number of hydrogen-bond acceptors (Lipinski definition) is 4. The summed E-state index contributed by atoms with van der Waals surface area (Å²) in [6.07, 6.45) is 3.08. The first-order chi connectivity index (χ1) is 8.22. The summed E-state index contributed by atoms with van der Waals surface area (Å²) in [5.41, 5.74) is 7.81. The number of hydrogen-bond donors (Lipinski definition) is 1. The minimum Gasteiger partial charge on any atom is -0.371 e. The average molecular weight is 235 g/mol. The topological polar surface area (TPSA) is 72.4 Å². The van der Waals surface area contributed by atoms with E-state index in [4.69, 9.17) is 5.73 Å². The lowest BCUT2D eigenvalue weighted by Gasteiger charge is -2.21. The number of nitrogens with two attached hydrogens (primary N) is 1. The number of non-ortho nitro benzene ring substituents is 1. The van der Waals surface area contributed by atoms with Gasteiger partial charge in [-0.2, -0.15) is 0 Å². The Morgan fingerprint density at radius 2 is 2.06 bits per heavy atom. The maximum atomic E-state index is 10.8. The van der Waals surface area contributed by atoms with Crippen LogP contribution >= 0.6 is 0 Å². The van der Waals surface area contributed by atoms with Crippen molar-refractivity contribution in [3.63, 3.8) is 0 Å². The van der Waals surface area contributed by atoms with Gasteiger partial charge in [0.25, 0.3) is 5.69 Å². The van der Waals surface area contributed by atoms with Gasteiger partial charge in [0, 0.05) is 30.9 Å². The van der Waals surface area contributed by atoms with E-state index < -0.39 is 0 Å². The van der Waals surface area contributed by atoms with Crippen LogP contribution in [0.2, 0.25) is 0 Å². The molecule has 1 aliphatic rings. The molecule has 0 amide bonds. The summed E-state index contributed by atoms with van der Waals surface area (Å²) in [7, 11) is 0. The quantitative estimate of drug-likeness (QED) is 0.636. The van der Waals surface area contributed by atoms with Crippen molar-refractivity contribution in [2.45, 2.75) is 19.3 Å². The second-order valence-corrected chi connectivity index (χ2v) is 4.30. The van der Waals surface area contributed by atoms with Gasteiger partial charge in [0.05, 0.1) is 4.92 Å². The predicted molar refractivity (Wildman–Crippen MR) is 67.3 cm³/mol. The Hall–Kier alpha value is -1.62. The van der Waals surface area contributed by atoms with Crippen molar-refractivity contribution >= 4 is 11.4 Å². The SMILES string of the molecule is NCCc1cc([N+](=O)[O-])ccc1N1CCCC1. The molecule has 92 valence electrons. The van der Waals surface area contributed by atoms with Gasteiger partial charge in [-0.15, -0.1) is 0 Å². The highest BCUT2D eigenvalue weighted by Gasteiger charge is 2.17. The first-order valence-electron chi connectivity index (χ1n) is 5.94. The molecular weight excluding hydrogens is 218 g/mol. The molecule has 0 radical (unpaired) electrons. The molecule has 0 atom stereocenters. The van der Waals surface area contributed by atoms with Crippen LogP contribution in [0.1, 0.15) is 18.4 Å². The molecular formula is C12H17N3O2. The molecule has 0 bridgehead atoms. The zero-order valence-corrected chi connectivity index (χ0v) is 9.76. The molecule has 1 saturated heterocycles. The standard InChI is InChI=1S/C12H17N3O2/c13-6-5-10-9-11(15(16)17)3-4-12(10)14-7-1-2-8-14/h3-4,9H,1-2,5-8,13H2. The van der Waals surface area contributed by atoms with Crippen LogP contribution in [0.25, 0.3) is 0 Å². The van der Waals surface area contributed by atoms with Crippen LogP contribution in [0.3, 0.4) is 0 Å². The lowest BCUT2D eigenvalue weighted by molar-refractivity contribution is -0.384. The molecule has 5 heteroatoms. The largest absolute Gasteiger partial charge is 0.371 e. The number of benzene rings is 1. The van der Waals surface area contributed by atoms with Gasteiger partial charge in [-0.25, -0.2) is 0 Å². The molecule has 1 heterocycles. The van der Waals surface area contributed by atoms with E-state index in [9.17, 15) is 10.1 Å². The average Bonchev–Trinajstić information content (AvgIpc) is 2.82. The van der Waals surface area contributed by atoms with Gasteiger partial charge in [-0.1, -0.05) is 0 Å². The van der Waals surface area contributed by atoms with E-state index in [1.54, 1.807) is 12.1 Å². The zero-order valence-electron chi connectivity index (χ0n) is 9.76. The summed E-state index contributed by atoms with van der Waals surface area (Å²) in [5.74, 6) is 0. The minimum absolute atomic E-state index is 0.149. The monoisotopic (exact) mass is 235 g/mol. The number of anilines is 1. The fourth-order valence-electron chi connectivity index (χ4n) is 2.31. The van der Waals surface area contributed by atoms with Gasteiger partial charge in [-0.05, 0) is 37.4 Å². The van der Waals surface area contributed by atoms with Crippen molar-refractivity contribution in [1.29, 1.82) is 0 Å². The lowest BCUT2D eigenvalue weighted by atomic mass is 10.1. The highest BCUT2D eigenvalue weighted by molar-refractivity contribution is 5.58. The van der Waals surface area contributed by atoms with Gasteiger partial charge in [-0.3, -0.25) is 10.1 Å². The highest BCUT2D eigenvalue weighted by Crippen LogP contribution is 2.28. The van der Waals surface area contributed by atoms with Crippen LogP contribution in [0.4, 0.5) is 11.4 Å². The zero-order chi connectivity index (χ0) is 12.3. The van der Waals surface area contributed by atoms with E-state index >= 15 is 0 Å². The summed E-state index contributed by atoms with van der Waals surface area (Å²) >= 11 is 0. The molecule has 0 saturated carbocycles. The minimum atomic E-state index is -0.353. The normalized spacial score (nSPS) is 15.2. The Kier molecular flexibility index (Phi) is 3.58. The summed E-state index contributed by atoms with van der Waals surface area (Å²) in [4.78, 5) is 12.7. The molecule has 2 rings (SSSR count). The fourth-order valence-corrected chi connectivity index (χ4v) is 2.31. The van der Waals surface area contributed by atoms with E-state index in [0.29, 0.717) is 13.0 Å². The number of nitro groups is 1. The van der Waals surface area contributed by atoms with Gasteiger partial charge >= 0.3 is 0 Å². The summed E-state index contributed by atoms with van der Waals surface area (Å²) in [6.45, 7) is 2.59. The third-order valence-corrected chi connectivity index (χ3v) is 3.13. The summed E-state index contributed by atoms with van der Waals surface area (Å²) < 4.78 is 0. The van der Waals surface area contributed by atoms with Crippen molar-refractivity contribution in [2.75, 3.05) is 24.5 Å². The molecule has 5 nitrogen and oxygen atoms in total. The van der Waals surface area contributed by atoms with Gasteiger partial charge in [0.15, 0.2) is 0 Å². The maximum absolute atomic E-state index is 10.8. The van der Waals surface area contributed by atoms with Gasteiger partial charge in [0.1, 0.15) is 0 Å². The predicted octanol–water partition coefficient (Wildman–Crippen LogP) is 1.70. The molecule has 2 N–H and O–H groups in total. The van der Waals surface area contributed by atoms with Crippen LogP contribution in [0.5, 0.6) is 0 Å². The van der Waals surface area contributed by atoms with Crippen LogP contribution in [0.15, 0.2) is 18.2 Å². The van der Waals surface area contributed by atoms with Crippen molar-refractivity contribution in [3.8, 4) is 0 Å². The highest BCUT2D eigenvalue weighted by atomic mass is 16.6. The van der Waals surface area contributed by atoms with Crippen molar-refractivity contribution in [1.82, 2.24) is 0 Å². The van der Waals surface area contributed by atoms with Crippen LogP contribution < -0.4 is 10.6 Å². The Morgan fingerprint density at radius 1 is 1.35 bits per heavy atom. The number of rotatable bonds is 4. The van der Waals surface area contributed by atoms with Crippen LogP contribution in [-0.4, -0.2) is 24.6 Å². The summed E-state index contributed by atoms with van der Waals surface area (Å²) in [5, 5.41) is 10.8. The molecule has 1 aromatic rings. The molecule has 0 aromatic heterocycles. The smallest absolute Gasteiger partial charge is 0.269 e. The van der Waals surface area contributed by atoms with Crippen LogP contribution in [0, 0.1) is 10.1 Å². The number of nitro benzene ring substituents is 1. The van der Waals surface area contributed by atoms with E-state index in [0.717, 1.165) is 24.3 Å². The third-order valence-electron chi connectivity index (χ3n) is 3.13. The second-order valence-electron chi connectivity index (χ2n) is 4.30. The fraction of sp³-hybridized carbons (Fsp3) is 0.500. The molecule has 1 aromatic carbocycles. The Labute approximate surface area is 100 Å². The Balaban J connectivity index is 2.33. The second kappa shape index (κ2) is 5.14. The lowest BCUT2D eigenvalue weighted by Crippen LogP contribution is -2.20. The first-order valence-corrected chi connectivity index (χ1v) is 5.94. The first kappa shape index (κ1) is 11.9. The maximum Gasteiger partial charge on any atom is 0.269 e. The van der Waals surface area contributed by atoms with E-state index in [2.05, 4.69) is 4.90 Å². The number of nitrogens with zero attached hydrogens (tertiary/aromatic N) is 2. The molecule has 0 aliphatic carbocycles. The van der Waals surface area contributed by atoms with Crippen molar-refractivity contribution in [3.05, 3.63) is 33.9 Å². The molecule has 1 aliphatic heterocycles. The van der Waals surface area contributed by atoms with Crippen molar-refractivity contribution < 1.29 is 4.92 Å². The van der Waals surface area contributed by atoms with Crippen molar-refractivity contribution in [2.24, 2.45) is 5.73 Å². The van der Waals surface area contributed by atoms with Gasteiger partial charge in [0.2, 0.25) is 0 Å². The van der Waals surface area contributed by atoms with E-state index in [-0.39, 0.29) is 10.6 Å².